The summed E-state index contributed by atoms with van der Waals surface area (Å²) >= 11 is 0. The second kappa shape index (κ2) is 5.76. The van der Waals surface area contributed by atoms with Gasteiger partial charge in [0.05, 0.1) is 12.5 Å². The highest BCUT2D eigenvalue weighted by molar-refractivity contribution is 5.73. The lowest BCUT2D eigenvalue weighted by Gasteiger charge is -2.05. The fourth-order valence-electron chi connectivity index (χ4n) is 1.08. The molecule has 0 N–H and O–H groups in total. The summed E-state index contributed by atoms with van der Waals surface area (Å²) in [6.45, 7) is 0.463. The minimum atomic E-state index is -0.330. The molecule has 1 aromatic rings. The number of aliphatic imine (C=N–C) groups is 1. The van der Waals surface area contributed by atoms with E-state index in [4.69, 9.17) is 5.26 Å². The first-order chi connectivity index (χ1) is 6.83. The number of nitrogens with zero attached hydrogens (tertiary/aromatic N) is 2. The zero-order chi connectivity index (χ0) is 10.2. The molecular formula is C11H11N2O-. The molecule has 0 saturated carbocycles. The van der Waals surface area contributed by atoms with Gasteiger partial charge in [-0.2, -0.15) is 5.26 Å². The molecule has 0 aliphatic heterocycles. The average molecular weight is 187 g/mol. The molecule has 1 rings (SSSR count). The van der Waals surface area contributed by atoms with Gasteiger partial charge in [0.15, 0.2) is 0 Å². The maximum Gasteiger partial charge on any atom is 0.0672 e. The van der Waals surface area contributed by atoms with Crippen LogP contribution in [-0.2, 0) is 6.42 Å². The first-order valence-electron chi connectivity index (χ1n) is 4.44. The lowest BCUT2D eigenvalue weighted by molar-refractivity contribution is -0.217. The van der Waals surface area contributed by atoms with E-state index in [1.165, 1.54) is 0 Å². The smallest absolute Gasteiger partial charge is 0.0672 e. The summed E-state index contributed by atoms with van der Waals surface area (Å²) < 4.78 is 0. The SMILES string of the molecule is N#CCC([O-])=NCCc1ccccc1. The van der Waals surface area contributed by atoms with Gasteiger partial charge in [-0.15, -0.1) is 0 Å². The third-order valence-corrected chi connectivity index (χ3v) is 1.76. The van der Waals surface area contributed by atoms with Gasteiger partial charge in [0.2, 0.25) is 0 Å². The van der Waals surface area contributed by atoms with Crippen LogP contribution in [0, 0.1) is 11.3 Å². The molecule has 0 radical (unpaired) electrons. The van der Waals surface area contributed by atoms with Crippen molar-refractivity contribution in [1.82, 2.24) is 0 Å². The van der Waals surface area contributed by atoms with Gasteiger partial charge in [-0.3, -0.25) is 0 Å². The quantitative estimate of drug-likeness (QED) is 0.519. The van der Waals surface area contributed by atoms with Crippen LogP contribution < -0.4 is 5.11 Å². The van der Waals surface area contributed by atoms with Crippen molar-refractivity contribution in [2.75, 3.05) is 6.54 Å². The standard InChI is InChI=1S/C11H12N2O/c12-8-6-11(14)13-9-7-10-4-2-1-3-5-10/h1-5H,6-7,9H2,(H,13,14)/p-1. The van der Waals surface area contributed by atoms with Gasteiger partial charge in [-0.05, 0) is 17.9 Å². The Bertz CT molecular complexity index is 338. The van der Waals surface area contributed by atoms with E-state index in [2.05, 4.69) is 4.99 Å². The van der Waals surface area contributed by atoms with Crippen molar-refractivity contribution in [3.05, 3.63) is 35.9 Å². The second-order valence-electron chi connectivity index (χ2n) is 2.85. The van der Waals surface area contributed by atoms with Crippen LogP contribution >= 0.6 is 0 Å². The molecule has 0 amide bonds. The zero-order valence-corrected chi connectivity index (χ0v) is 7.81. The largest absolute Gasteiger partial charge is 0.861 e. The molecule has 0 aliphatic carbocycles. The molecule has 0 spiro atoms. The van der Waals surface area contributed by atoms with E-state index in [9.17, 15) is 5.11 Å². The van der Waals surface area contributed by atoms with Gasteiger partial charge in [0, 0.05) is 6.54 Å². The van der Waals surface area contributed by atoms with Crippen LogP contribution in [0.15, 0.2) is 35.3 Å². The van der Waals surface area contributed by atoms with Crippen LogP contribution in [0.5, 0.6) is 0 Å². The van der Waals surface area contributed by atoms with Crippen molar-refractivity contribution >= 4 is 5.90 Å². The number of rotatable bonds is 4. The third kappa shape index (κ3) is 3.72. The van der Waals surface area contributed by atoms with Gasteiger partial charge in [-0.25, -0.2) is 0 Å². The van der Waals surface area contributed by atoms with Crippen LogP contribution in [0.2, 0.25) is 0 Å². The van der Waals surface area contributed by atoms with Crippen LogP contribution in [0.25, 0.3) is 0 Å². The molecule has 0 aliphatic rings. The monoisotopic (exact) mass is 187 g/mol. The molecule has 14 heavy (non-hydrogen) atoms. The van der Waals surface area contributed by atoms with Crippen molar-refractivity contribution in [1.29, 1.82) is 5.26 Å². The van der Waals surface area contributed by atoms with Crippen molar-refractivity contribution in [2.45, 2.75) is 12.8 Å². The molecule has 0 heterocycles. The highest BCUT2D eigenvalue weighted by Crippen LogP contribution is 1.99. The van der Waals surface area contributed by atoms with Gasteiger partial charge in [-0.1, -0.05) is 30.3 Å². The Morgan fingerprint density at radius 2 is 2.07 bits per heavy atom. The fourth-order valence-corrected chi connectivity index (χ4v) is 1.08. The van der Waals surface area contributed by atoms with E-state index in [-0.39, 0.29) is 12.3 Å². The van der Waals surface area contributed by atoms with Crippen molar-refractivity contribution in [3.8, 4) is 6.07 Å². The predicted molar refractivity (Wildman–Crippen MR) is 52.7 cm³/mol. The van der Waals surface area contributed by atoms with E-state index in [0.717, 1.165) is 12.0 Å². The Balaban J connectivity index is 2.36. The van der Waals surface area contributed by atoms with E-state index < -0.39 is 0 Å². The first kappa shape index (κ1) is 10.3. The fraction of sp³-hybridized carbons (Fsp3) is 0.273. The van der Waals surface area contributed by atoms with Gasteiger partial charge < -0.3 is 10.1 Å². The summed E-state index contributed by atoms with van der Waals surface area (Å²) in [5, 5.41) is 19.1. The molecule has 0 fully saturated rings. The van der Waals surface area contributed by atoms with Gasteiger partial charge >= 0.3 is 0 Å². The average Bonchev–Trinajstić information content (AvgIpc) is 2.20. The van der Waals surface area contributed by atoms with Crippen molar-refractivity contribution in [2.24, 2.45) is 4.99 Å². The third-order valence-electron chi connectivity index (χ3n) is 1.76. The lowest BCUT2D eigenvalue weighted by Crippen LogP contribution is -2.17. The second-order valence-corrected chi connectivity index (χ2v) is 2.85. The predicted octanol–water partition coefficient (Wildman–Crippen LogP) is 0.902. The maximum absolute atomic E-state index is 10.8. The van der Waals surface area contributed by atoms with Crippen LogP contribution in [-0.4, -0.2) is 12.4 Å². The molecule has 0 aromatic heterocycles. The number of nitriles is 1. The highest BCUT2D eigenvalue weighted by atomic mass is 16.3. The van der Waals surface area contributed by atoms with Crippen LogP contribution in [0.1, 0.15) is 12.0 Å². The molecular weight excluding hydrogens is 176 g/mol. The van der Waals surface area contributed by atoms with Crippen LogP contribution in [0.4, 0.5) is 0 Å². The molecule has 0 unspecified atom stereocenters. The summed E-state index contributed by atoms with van der Waals surface area (Å²) in [7, 11) is 0. The maximum atomic E-state index is 10.8. The highest BCUT2D eigenvalue weighted by Gasteiger charge is 1.89. The van der Waals surface area contributed by atoms with E-state index in [1.54, 1.807) is 6.07 Å². The van der Waals surface area contributed by atoms with Crippen molar-refractivity contribution < 1.29 is 5.11 Å². The van der Waals surface area contributed by atoms with Gasteiger partial charge in [0.1, 0.15) is 0 Å². The molecule has 3 nitrogen and oxygen atoms in total. The Morgan fingerprint density at radius 3 is 2.71 bits per heavy atom. The summed E-state index contributed by atoms with van der Waals surface area (Å²) in [6, 6.07) is 11.6. The molecule has 72 valence electrons. The van der Waals surface area contributed by atoms with Crippen molar-refractivity contribution in [3.63, 3.8) is 0 Å². The lowest BCUT2D eigenvalue weighted by atomic mass is 10.2. The molecule has 0 bridgehead atoms. The first-order valence-corrected chi connectivity index (χ1v) is 4.44. The van der Waals surface area contributed by atoms with E-state index >= 15 is 0 Å². The summed E-state index contributed by atoms with van der Waals surface area (Å²) in [4.78, 5) is 3.75. The molecule has 0 atom stereocenters. The zero-order valence-electron chi connectivity index (χ0n) is 7.81. The van der Waals surface area contributed by atoms with E-state index in [0.29, 0.717) is 6.54 Å². The Hall–Kier alpha value is -1.82. The van der Waals surface area contributed by atoms with Crippen LogP contribution in [0.3, 0.4) is 0 Å². The Kier molecular flexibility index (Phi) is 4.22. The number of hydrogen-bond acceptors (Lipinski definition) is 3. The molecule has 1 aromatic carbocycles. The number of benzene rings is 1. The molecule has 3 heteroatoms. The summed E-state index contributed by atoms with van der Waals surface area (Å²) in [5.74, 6) is -0.330. The Morgan fingerprint density at radius 1 is 1.36 bits per heavy atom. The molecule has 0 saturated heterocycles. The topological polar surface area (TPSA) is 59.2 Å². The summed E-state index contributed by atoms with van der Waals surface area (Å²) in [6.07, 6.45) is 0.632. The normalized spacial score (nSPS) is 10.9. The minimum absolute atomic E-state index is 0.116. The van der Waals surface area contributed by atoms with Gasteiger partial charge in [0.25, 0.3) is 0 Å². The van der Waals surface area contributed by atoms with E-state index in [1.807, 2.05) is 30.3 Å². The number of hydrogen-bond donors (Lipinski definition) is 0. The minimum Gasteiger partial charge on any atom is -0.861 e. The summed E-state index contributed by atoms with van der Waals surface area (Å²) in [5.41, 5.74) is 1.15. The Labute approximate surface area is 83.3 Å².